The van der Waals surface area contributed by atoms with Crippen molar-refractivity contribution in [2.24, 2.45) is 0 Å². The lowest BCUT2D eigenvalue weighted by Gasteiger charge is -2.08. The highest BCUT2D eigenvalue weighted by Crippen LogP contribution is 2.20. The fourth-order valence-electron chi connectivity index (χ4n) is 1.23. The van der Waals surface area contributed by atoms with Gasteiger partial charge in [-0.05, 0) is 38.1 Å². The SMILES string of the molecule is CC(O)CCNCc1cc(Cl)ccc1O. The summed E-state index contributed by atoms with van der Waals surface area (Å²) >= 11 is 5.80. The second-order valence-electron chi connectivity index (χ2n) is 3.59. The van der Waals surface area contributed by atoms with E-state index in [4.69, 9.17) is 16.7 Å². The number of aliphatic hydroxyl groups excluding tert-OH is 1. The summed E-state index contributed by atoms with van der Waals surface area (Å²) in [5.74, 6) is 0.240. The van der Waals surface area contributed by atoms with Crippen LogP contribution in [0.3, 0.4) is 0 Å². The van der Waals surface area contributed by atoms with Gasteiger partial charge in [0, 0.05) is 17.1 Å². The molecule has 1 rings (SSSR count). The van der Waals surface area contributed by atoms with Crippen LogP contribution in [0.5, 0.6) is 5.75 Å². The van der Waals surface area contributed by atoms with Gasteiger partial charge in [0.1, 0.15) is 5.75 Å². The number of halogens is 1. The summed E-state index contributed by atoms with van der Waals surface area (Å²) in [5, 5.41) is 22.3. The first kappa shape index (κ1) is 12.3. The van der Waals surface area contributed by atoms with Crippen molar-refractivity contribution in [2.45, 2.75) is 26.0 Å². The third-order valence-electron chi connectivity index (χ3n) is 2.10. The molecule has 0 amide bonds. The maximum absolute atomic E-state index is 9.50. The minimum Gasteiger partial charge on any atom is -0.508 e. The van der Waals surface area contributed by atoms with Gasteiger partial charge in [0.25, 0.3) is 0 Å². The van der Waals surface area contributed by atoms with Crippen molar-refractivity contribution in [1.82, 2.24) is 5.32 Å². The zero-order valence-electron chi connectivity index (χ0n) is 8.70. The standard InChI is InChI=1S/C11H16ClNO2/c1-8(14)4-5-13-7-9-6-10(12)2-3-11(9)15/h2-3,6,8,13-15H,4-5,7H2,1H3. The van der Waals surface area contributed by atoms with E-state index in [9.17, 15) is 5.11 Å². The van der Waals surface area contributed by atoms with Gasteiger partial charge in [0.15, 0.2) is 0 Å². The largest absolute Gasteiger partial charge is 0.508 e. The van der Waals surface area contributed by atoms with Gasteiger partial charge in [0.2, 0.25) is 0 Å². The molecule has 0 spiro atoms. The Kier molecular flexibility index (Phi) is 4.88. The van der Waals surface area contributed by atoms with Crippen LogP contribution in [0.4, 0.5) is 0 Å². The van der Waals surface area contributed by atoms with Crippen molar-refractivity contribution < 1.29 is 10.2 Å². The van der Waals surface area contributed by atoms with Gasteiger partial charge in [-0.1, -0.05) is 11.6 Å². The lowest BCUT2D eigenvalue weighted by atomic mass is 10.2. The summed E-state index contributed by atoms with van der Waals surface area (Å²) in [7, 11) is 0. The molecule has 0 saturated carbocycles. The molecule has 84 valence electrons. The molecule has 0 saturated heterocycles. The number of phenols is 1. The van der Waals surface area contributed by atoms with Gasteiger partial charge in [-0.2, -0.15) is 0 Å². The zero-order valence-corrected chi connectivity index (χ0v) is 9.46. The molecule has 0 aromatic heterocycles. The molecule has 3 nitrogen and oxygen atoms in total. The average molecular weight is 230 g/mol. The minimum absolute atomic E-state index is 0.240. The molecule has 3 N–H and O–H groups in total. The maximum atomic E-state index is 9.50. The molecular formula is C11H16ClNO2. The Labute approximate surface area is 94.7 Å². The molecular weight excluding hydrogens is 214 g/mol. The van der Waals surface area contributed by atoms with E-state index in [2.05, 4.69) is 5.32 Å². The summed E-state index contributed by atoms with van der Waals surface area (Å²) in [5.41, 5.74) is 0.771. The highest BCUT2D eigenvalue weighted by Gasteiger charge is 2.01. The van der Waals surface area contributed by atoms with E-state index >= 15 is 0 Å². The molecule has 0 radical (unpaired) electrons. The first-order chi connectivity index (χ1) is 7.09. The molecule has 4 heteroatoms. The van der Waals surface area contributed by atoms with Crippen molar-refractivity contribution in [3.05, 3.63) is 28.8 Å². The zero-order chi connectivity index (χ0) is 11.3. The fourth-order valence-corrected chi connectivity index (χ4v) is 1.42. The van der Waals surface area contributed by atoms with Crippen LogP contribution in [0.25, 0.3) is 0 Å². The Morgan fingerprint density at radius 3 is 2.87 bits per heavy atom. The lowest BCUT2D eigenvalue weighted by molar-refractivity contribution is 0.183. The molecule has 0 bridgehead atoms. The number of benzene rings is 1. The maximum Gasteiger partial charge on any atom is 0.120 e. The summed E-state index contributed by atoms with van der Waals surface area (Å²) in [6.07, 6.45) is 0.395. The minimum atomic E-state index is -0.301. The number of hydrogen-bond donors (Lipinski definition) is 3. The van der Waals surface area contributed by atoms with E-state index in [1.165, 1.54) is 0 Å². The molecule has 15 heavy (non-hydrogen) atoms. The first-order valence-corrected chi connectivity index (χ1v) is 5.33. The van der Waals surface area contributed by atoms with Gasteiger partial charge >= 0.3 is 0 Å². The van der Waals surface area contributed by atoms with Crippen LogP contribution in [-0.4, -0.2) is 22.9 Å². The average Bonchev–Trinajstić information content (AvgIpc) is 2.17. The van der Waals surface area contributed by atoms with E-state index < -0.39 is 0 Å². The predicted octanol–water partition coefficient (Wildman–Crippen LogP) is 1.91. The molecule has 1 aromatic rings. The molecule has 0 fully saturated rings. The first-order valence-electron chi connectivity index (χ1n) is 4.96. The summed E-state index contributed by atoms with van der Waals surface area (Å²) in [6, 6.07) is 4.95. The molecule has 1 atom stereocenters. The Balaban J connectivity index is 2.40. The Morgan fingerprint density at radius 2 is 2.20 bits per heavy atom. The Hall–Kier alpha value is -0.770. The van der Waals surface area contributed by atoms with Crippen molar-refractivity contribution in [2.75, 3.05) is 6.54 Å². The van der Waals surface area contributed by atoms with Gasteiger partial charge < -0.3 is 15.5 Å². The predicted molar refractivity (Wildman–Crippen MR) is 61.1 cm³/mol. The molecule has 0 heterocycles. The van der Waals surface area contributed by atoms with E-state index in [0.717, 1.165) is 5.56 Å². The lowest BCUT2D eigenvalue weighted by Crippen LogP contribution is -2.18. The quantitative estimate of drug-likeness (QED) is 0.676. The smallest absolute Gasteiger partial charge is 0.120 e. The fraction of sp³-hybridized carbons (Fsp3) is 0.455. The molecule has 1 aromatic carbocycles. The molecule has 0 aliphatic heterocycles. The monoisotopic (exact) mass is 229 g/mol. The number of phenolic OH excluding ortho intramolecular Hbond substituents is 1. The van der Waals surface area contributed by atoms with Crippen LogP contribution < -0.4 is 5.32 Å². The van der Waals surface area contributed by atoms with Crippen LogP contribution in [0.1, 0.15) is 18.9 Å². The van der Waals surface area contributed by atoms with Gasteiger partial charge in [-0.25, -0.2) is 0 Å². The van der Waals surface area contributed by atoms with Gasteiger partial charge in [-0.3, -0.25) is 0 Å². The van der Waals surface area contributed by atoms with Crippen LogP contribution in [-0.2, 0) is 6.54 Å². The topological polar surface area (TPSA) is 52.5 Å². The summed E-state index contributed by atoms with van der Waals surface area (Å²) in [4.78, 5) is 0. The number of nitrogens with one attached hydrogen (secondary N) is 1. The van der Waals surface area contributed by atoms with Crippen LogP contribution in [0.2, 0.25) is 5.02 Å². The van der Waals surface area contributed by atoms with Gasteiger partial charge in [0.05, 0.1) is 6.10 Å². The molecule has 0 aliphatic rings. The second kappa shape index (κ2) is 5.95. The summed E-state index contributed by atoms with van der Waals surface area (Å²) < 4.78 is 0. The van der Waals surface area contributed by atoms with Gasteiger partial charge in [-0.15, -0.1) is 0 Å². The number of aliphatic hydroxyl groups is 1. The van der Waals surface area contributed by atoms with E-state index in [1.807, 2.05) is 0 Å². The normalized spacial score (nSPS) is 12.7. The third kappa shape index (κ3) is 4.51. The Morgan fingerprint density at radius 1 is 1.47 bits per heavy atom. The number of aromatic hydroxyl groups is 1. The number of hydrogen-bond acceptors (Lipinski definition) is 3. The van der Waals surface area contributed by atoms with Crippen LogP contribution in [0.15, 0.2) is 18.2 Å². The Bertz CT molecular complexity index is 315. The van der Waals surface area contributed by atoms with Crippen molar-refractivity contribution in [3.8, 4) is 5.75 Å². The highest BCUT2D eigenvalue weighted by atomic mass is 35.5. The van der Waals surface area contributed by atoms with Crippen LogP contribution in [0, 0.1) is 0 Å². The van der Waals surface area contributed by atoms with Crippen molar-refractivity contribution >= 4 is 11.6 Å². The summed E-state index contributed by atoms with van der Waals surface area (Å²) in [6.45, 7) is 3.02. The van der Waals surface area contributed by atoms with E-state index in [-0.39, 0.29) is 11.9 Å². The molecule has 1 unspecified atom stereocenters. The third-order valence-corrected chi connectivity index (χ3v) is 2.33. The highest BCUT2D eigenvalue weighted by molar-refractivity contribution is 6.30. The van der Waals surface area contributed by atoms with Crippen molar-refractivity contribution in [1.29, 1.82) is 0 Å². The molecule has 0 aliphatic carbocycles. The van der Waals surface area contributed by atoms with Crippen molar-refractivity contribution in [3.63, 3.8) is 0 Å². The number of rotatable bonds is 5. The van der Waals surface area contributed by atoms with Crippen LogP contribution >= 0.6 is 11.6 Å². The van der Waals surface area contributed by atoms with E-state index in [1.54, 1.807) is 25.1 Å². The second-order valence-corrected chi connectivity index (χ2v) is 4.02. The van der Waals surface area contributed by atoms with E-state index in [0.29, 0.717) is 24.5 Å².